The van der Waals surface area contributed by atoms with Gasteiger partial charge in [0.1, 0.15) is 18.5 Å². The maximum Gasteiger partial charge on any atom is 0.119 e. The Morgan fingerprint density at radius 1 is 1.05 bits per heavy atom. The summed E-state index contributed by atoms with van der Waals surface area (Å²) < 4.78 is 10.7. The molecule has 1 atom stereocenters. The average molecular weight is 251 g/mol. The summed E-state index contributed by atoms with van der Waals surface area (Å²) in [6.07, 6.45) is 0.276. The number of nitriles is 1. The zero-order chi connectivity index (χ0) is 13.1. The van der Waals surface area contributed by atoms with Gasteiger partial charge in [-0.3, -0.25) is 0 Å². The van der Waals surface area contributed by atoms with Gasteiger partial charge in [-0.15, -0.1) is 0 Å². The molecule has 0 aromatic heterocycles. The van der Waals surface area contributed by atoms with Crippen molar-refractivity contribution in [1.29, 1.82) is 5.26 Å². The standard InChI is InChI=1S/C16H13NO2/c17-9-12-1-3-13(4-2-12)14-5-7-15(8-6-14)18-10-16-11-19-16/h1-8,16H,10-11H2. The maximum atomic E-state index is 8.77. The van der Waals surface area contributed by atoms with Crippen LogP contribution in [0.1, 0.15) is 5.56 Å². The molecule has 1 aliphatic heterocycles. The van der Waals surface area contributed by atoms with E-state index >= 15 is 0 Å². The number of hydrogen-bond acceptors (Lipinski definition) is 3. The van der Waals surface area contributed by atoms with Gasteiger partial charge in [-0.2, -0.15) is 5.26 Å². The first kappa shape index (κ1) is 11.8. The Morgan fingerprint density at radius 2 is 1.63 bits per heavy atom. The van der Waals surface area contributed by atoms with Gasteiger partial charge in [0.15, 0.2) is 0 Å². The number of epoxide rings is 1. The Hall–Kier alpha value is -2.31. The molecule has 3 rings (SSSR count). The van der Waals surface area contributed by atoms with Crippen molar-refractivity contribution < 1.29 is 9.47 Å². The third-order valence-corrected chi connectivity index (χ3v) is 3.04. The summed E-state index contributed by atoms with van der Waals surface area (Å²) in [5.74, 6) is 0.855. The lowest BCUT2D eigenvalue weighted by molar-refractivity contribution is 0.263. The van der Waals surface area contributed by atoms with E-state index in [1.54, 1.807) is 0 Å². The van der Waals surface area contributed by atoms with Gasteiger partial charge in [-0.05, 0) is 35.4 Å². The van der Waals surface area contributed by atoms with E-state index in [-0.39, 0.29) is 6.10 Å². The Labute approximate surface area is 112 Å². The second kappa shape index (κ2) is 5.13. The number of nitrogens with zero attached hydrogens (tertiary/aromatic N) is 1. The Kier molecular flexibility index (Phi) is 3.18. The zero-order valence-corrected chi connectivity index (χ0v) is 10.4. The van der Waals surface area contributed by atoms with E-state index in [0.29, 0.717) is 12.2 Å². The smallest absolute Gasteiger partial charge is 0.119 e. The van der Waals surface area contributed by atoms with Gasteiger partial charge >= 0.3 is 0 Å². The van der Waals surface area contributed by atoms with E-state index in [1.165, 1.54) is 0 Å². The molecule has 0 radical (unpaired) electrons. The van der Waals surface area contributed by atoms with E-state index in [0.717, 1.165) is 23.5 Å². The molecule has 0 N–H and O–H groups in total. The molecule has 1 fully saturated rings. The minimum Gasteiger partial charge on any atom is -0.491 e. The van der Waals surface area contributed by atoms with Gasteiger partial charge in [-0.25, -0.2) is 0 Å². The molecule has 3 heteroatoms. The van der Waals surface area contributed by atoms with E-state index in [1.807, 2.05) is 48.5 Å². The third-order valence-electron chi connectivity index (χ3n) is 3.04. The molecule has 19 heavy (non-hydrogen) atoms. The van der Waals surface area contributed by atoms with Crippen molar-refractivity contribution in [2.75, 3.05) is 13.2 Å². The van der Waals surface area contributed by atoms with E-state index in [2.05, 4.69) is 6.07 Å². The van der Waals surface area contributed by atoms with Crippen LogP contribution in [0.15, 0.2) is 48.5 Å². The fraction of sp³-hybridized carbons (Fsp3) is 0.188. The second-order valence-corrected chi connectivity index (χ2v) is 4.48. The maximum absolute atomic E-state index is 8.77. The van der Waals surface area contributed by atoms with E-state index in [9.17, 15) is 0 Å². The first-order valence-corrected chi connectivity index (χ1v) is 6.20. The number of ether oxygens (including phenoxy) is 2. The highest BCUT2D eigenvalue weighted by molar-refractivity contribution is 5.64. The fourth-order valence-corrected chi connectivity index (χ4v) is 1.83. The summed E-state index contributed by atoms with van der Waals surface area (Å²) in [7, 11) is 0. The molecule has 2 aromatic carbocycles. The number of benzene rings is 2. The molecular weight excluding hydrogens is 238 g/mol. The predicted octanol–water partition coefficient (Wildman–Crippen LogP) is 3.00. The van der Waals surface area contributed by atoms with Crippen LogP contribution in [-0.2, 0) is 4.74 Å². The van der Waals surface area contributed by atoms with Crippen molar-refractivity contribution in [3.8, 4) is 22.9 Å². The van der Waals surface area contributed by atoms with Gasteiger partial charge in [0.25, 0.3) is 0 Å². The molecule has 0 saturated carbocycles. The normalized spacial score (nSPS) is 16.7. The highest BCUT2D eigenvalue weighted by Gasteiger charge is 2.22. The second-order valence-electron chi connectivity index (χ2n) is 4.48. The molecule has 1 heterocycles. The monoisotopic (exact) mass is 251 g/mol. The lowest BCUT2D eigenvalue weighted by atomic mass is 10.0. The Balaban J connectivity index is 1.71. The number of hydrogen-bond donors (Lipinski definition) is 0. The van der Waals surface area contributed by atoms with Crippen molar-refractivity contribution in [2.45, 2.75) is 6.10 Å². The molecule has 1 saturated heterocycles. The summed E-state index contributed by atoms with van der Waals surface area (Å²) in [5, 5.41) is 8.77. The van der Waals surface area contributed by atoms with Gasteiger partial charge in [0.05, 0.1) is 18.2 Å². The molecule has 0 amide bonds. The molecule has 1 unspecified atom stereocenters. The van der Waals surface area contributed by atoms with Crippen LogP contribution < -0.4 is 4.74 Å². The van der Waals surface area contributed by atoms with Crippen LogP contribution >= 0.6 is 0 Å². The van der Waals surface area contributed by atoms with Crippen molar-refractivity contribution >= 4 is 0 Å². The lowest BCUT2D eigenvalue weighted by Gasteiger charge is -2.06. The Bertz CT molecular complexity index is 592. The molecule has 0 bridgehead atoms. The zero-order valence-electron chi connectivity index (χ0n) is 10.4. The first-order chi connectivity index (χ1) is 9.35. The van der Waals surface area contributed by atoms with Crippen molar-refractivity contribution in [3.05, 3.63) is 54.1 Å². The summed E-state index contributed by atoms with van der Waals surface area (Å²) in [5.41, 5.74) is 2.88. The molecule has 0 aliphatic carbocycles. The van der Waals surface area contributed by atoms with Crippen LogP contribution in [0, 0.1) is 11.3 Å². The molecule has 94 valence electrons. The van der Waals surface area contributed by atoms with Crippen LogP contribution in [-0.4, -0.2) is 19.3 Å². The van der Waals surface area contributed by atoms with E-state index in [4.69, 9.17) is 14.7 Å². The van der Waals surface area contributed by atoms with Gasteiger partial charge in [0.2, 0.25) is 0 Å². The first-order valence-electron chi connectivity index (χ1n) is 6.20. The van der Waals surface area contributed by atoms with Gasteiger partial charge in [0, 0.05) is 0 Å². The molecule has 3 nitrogen and oxygen atoms in total. The summed E-state index contributed by atoms with van der Waals surface area (Å²) in [4.78, 5) is 0. The summed E-state index contributed by atoms with van der Waals surface area (Å²) in [6.45, 7) is 1.43. The highest BCUT2D eigenvalue weighted by Crippen LogP contribution is 2.23. The predicted molar refractivity (Wildman–Crippen MR) is 71.8 cm³/mol. The minimum atomic E-state index is 0.276. The quantitative estimate of drug-likeness (QED) is 0.785. The van der Waals surface area contributed by atoms with Crippen LogP contribution in [0.4, 0.5) is 0 Å². The van der Waals surface area contributed by atoms with Crippen LogP contribution in [0.3, 0.4) is 0 Å². The topological polar surface area (TPSA) is 45.5 Å². The average Bonchev–Trinajstić information content (AvgIpc) is 3.30. The Morgan fingerprint density at radius 3 is 2.16 bits per heavy atom. The van der Waals surface area contributed by atoms with Crippen molar-refractivity contribution in [2.24, 2.45) is 0 Å². The minimum absolute atomic E-state index is 0.276. The summed E-state index contributed by atoms with van der Waals surface area (Å²) >= 11 is 0. The van der Waals surface area contributed by atoms with E-state index < -0.39 is 0 Å². The van der Waals surface area contributed by atoms with Crippen molar-refractivity contribution in [1.82, 2.24) is 0 Å². The molecule has 2 aromatic rings. The third kappa shape index (κ3) is 2.93. The fourth-order valence-electron chi connectivity index (χ4n) is 1.83. The number of rotatable bonds is 4. The van der Waals surface area contributed by atoms with Crippen LogP contribution in [0.5, 0.6) is 5.75 Å². The molecule has 1 aliphatic rings. The lowest BCUT2D eigenvalue weighted by Crippen LogP contribution is -2.03. The van der Waals surface area contributed by atoms with Crippen molar-refractivity contribution in [3.63, 3.8) is 0 Å². The highest BCUT2D eigenvalue weighted by atomic mass is 16.6. The van der Waals surface area contributed by atoms with Gasteiger partial charge in [-0.1, -0.05) is 24.3 Å². The van der Waals surface area contributed by atoms with Crippen LogP contribution in [0.2, 0.25) is 0 Å². The SMILES string of the molecule is N#Cc1ccc(-c2ccc(OCC3CO3)cc2)cc1. The van der Waals surface area contributed by atoms with Gasteiger partial charge < -0.3 is 9.47 Å². The molecular formula is C16H13NO2. The molecule has 0 spiro atoms. The summed E-state index contributed by atoms with van der Waals surface area (Å²) in [6, 6.07) is 17.6. The van der Waals surface area contributed by atoms with Crippen LogP contribution in [0.25, 0.3) is 11.1 Å². The largest absolute Gasteiger partial charge is 0.491 e.